The summed E-state index contributed by atoms with van der Waals surface area (Å²) in [7, 11) is 0. The summed E-state index contributed by atoms with van der Waals surface area (Å²) in [5, 5.41) is 15.4. The van der Waals surface area contributed by atoms with Gasteiger partial charge in [0.15, 0.2) is 0 Å². The van der Waals surface area contributed by atoms with E-state index in [1.807, 2.05) is 38.1 Å². The molecule has 1 unspecified atom stereocenters. The number of carbonyl (C=O) groups excluding carboxylic acids is 1. The van der Waals surface area contributed by atoms with Gasteiger partial charge in [-0.05, 0) is 31.5 Å². The molecule has 1 atom stereocenters. The van der Waals surface area contributed by atoms with Gasteiger partial charge >= 0.3 is 6.03 Å². The average molecular weight is 285 g/mol. The minimum Gasteiger partial charge on any atom is -0.387 e. The van der Waals surface area contributed by atoms with Crippen LogP contribution in [0.1, 0.15) is 22.9 Å². The van der Waals surface area contributed by atoms with E-state index in [1.54, 1.807) is 18.3 Å². The van der Waals surface area contributed by atoms with Crippen molar-refractivity contribution in [1.29, 1.82) is 0 Å². The van der Waals surface area contributed by atoms with Gasteiger partial charge in [-0.25, -0.2) is 4.79 Å². The van der Waals surface area contributed by atoms with Gasteiger partial charge in [-0.15, -0.1) is 0 Å². The molecule has 3 N–H and O–H groups in total. The highest BCUT2D eigenvalue weighted by atomic mass is 16.3. The molecule has 1 heterocycles. The van der Waals surface area contributed by atoms with Gasteiger partial charge in [0, 0.05) is 24.1 Å². The van der Waals surface area contributed by atoms with Crippen LogP contribution in [0.4, 0.5) is 10.5 Å². The summed E-state index contributed by atoms with van der Waals surface area (Å²) in [6.07, 6.45) is 0.904. The second kappa shape index (κ2) is 6.85. The molecule has 0 aliphatic carbocycles. The van der Waals surface area contributed by atoms with E-state index in [-0.39, 0.29) is 12.6 Å². The van der Waals surface area contributed by atoms with E-state index >= 15 is 0 Å². The molecule has 0 fully saturated rings. The van der Waals surface area contributed by atoms with E-state index in [1.165, 1.54) is 0 Å². The van der Waals surface area contributed by atoms with Crippen LogP contribution in [0.2, 0.25) is 0 Å². The first kappa shape index (κ1) is 15.0. The monoisotopic (exact) mass is 285 g/mol. The Morgan fingerprint density at radius 1 is 1.29 bits per heavy atom. The molecular weight excluding hydrogens is 266 g/mol. The molecule has 2 rings (SSSR count). The van der Waals surface area contributed by atoms with Crippen LogP contribution in [0.15, 0.2) is 42.6 Å². The molecule has 0 saturated carbocycles. The van der Waals surface area contributed by atoms with E-state index in [0.717, 1.165) is 16.8 Å². The number of nitrogens with one attached hydrogen (secondary N) is 2. The number of hydrogen-bond acceptors (Lipinski definition) is 3. The first-order valence-corrected chi connectivity index (χ1v) is 6.77. The standard InChI is InChI=1S/C16H19N3O2/c1-11-4-3-5-13(8-11)15(20)10-18-16(21)19-14-6-7-17-12(2)9-14/h3-9,15,20H,10H2,1-2H3,(H2,17,18,19,21). The topological polar surface area (TPSA) is 74.2 Å². The second-order valence-corrected chi connectivity index (χ2v) is 4.95. The van der Waals surface area contributed by atoms with Crippen molar-refractivity contribution in [3.05, 3.63) is 59.4 Å². The highest BCUT2D eigenvalue weighted by Gasteiger charge is 2.09. The molecule has 21 heavy (non-hydrogen) atoms. The summed E-state index contributed by atoms with van der Waals surface area (Å²) >= 11 is 0. The van der Waals surface area contributed by atoms with Crippen molar-refractivity contribution in [1.82, 2.24) is 10.3 Å². The number of rotatable bonds is 4. The number of aromatic nitrogens is 1. The number of nitrogens with zero attached hydrogens (tertiary/aromatic N) is 1. The molecule has 0 saturated heterocycles. The predicted octanol–water partition coefficient (Wildman–Crippen LogP) is 2.55. The molecule has 2 amide bonds. The molecule has 5 nitrogen and oxygen atoms in total. The van der Waals surface area contributed by atoms with E-state index in [0.29, 0.717) is 5.69 Å². The minimum atomic E-state index is -0.727. The fourth-order valence-corrected chi connectivity index (χ4v) is 1.98. The summed E-state index contributed by atoms with van der Waals surface area (Å²) < 4.78 is 0. The van der Waals surface area contributed by atoms with Crippen molar-refractivity contribution in [3.63, 3.8) is 0 Å². The van der Waals surface area contributed by atoms with Gasteiger partial charge < -0.3 is 15.7 Å². The Morgan fingerprint density at radius 3 is 2.81 bits per heavy atom. The molecule has 0 bridgehead atoms. The van der Waals surface area contributed by atoms with Crippen LogP contribution >= 0.6 is 0 Å². The lowest BCUT2D eigenvalue weighted by Crippen LogP contribution is -2.32. The maximum Gasteiger partial charge on any atom is 0.319 e. The Labute approximate surface area is 124 Å². The molecule has 110 valence electrons. The summed E-state index contributed by atoms with van der Waals surface area (Å²) in [6.45, 7) is 3.96. The van der Waals surface area contributed by atoms with Crippen molar-refractivity contribution in [2.75, 3.05) is 11.9 Å². The second-order valence-electron chi connectivity index (χ2n) is 4.95. The van der Waals surface area contributed by atoms with Crippen molar-refractivity contribution >= 4 is 11.7 Å². The quantitative estimate of drug-likeness (QED) is 0.808. The van der Waals surface area contributed by atoms with Crippen LogP contribution in [0.3, 0.4) is 0 Å². The molecule has 0 radical (unpaired) electrons. The molecule has 1 aromatic carbocycles. The zero-order valence-electron chi connectivity index (χ0n) is 12.1. The lowest BCUT2D eigenvalue weighted by molar-refractivity contribution is 0.175. The van der Waals surface area contributed by atoms with Crippen LogP contribution in [0.5, 0.6) is 0 Å². The molecule has 0 aliphatic heterocycles. The number of hydrogen-bond donors (Lipinski definition) is 3. The minimum absolute atomic E-state index is 0.152. The predicted molar refractivity (Wildman–Crippen MR) is 82.1 cm³/mol. The molecule has 5 heteroatoms. The number of aliphatic hydroxyl groups is 1. The Hall–Kier alpha value is -2.40. The van der Waals surface area contributed by atoms with E-state index in [2.05, 4.69) is 15.6 Å². The number of urea groups is 1. The first-order chi connectivity index (χ1) is 10.0. The van der Waals surface area contributed by atoms with Gasteiger partial charge in [0.2, 0.25) is 0 Å². The number of aliphatic hydroxyl groups excluding tert-OH is 1. The summed E-state index contributed by atoms with van der Waals surface area (Å²) in [4.78, 5) is 15.8. The molecular formula is C16H19N3O2. The van der Waals surface area contributed by atoms with Gasteiger partial charge in [0.25, 0.3) is 0 Å². The van der Waals surface area contributed by atoms with E-state index in [4.69, 9.17) is 0 Å². The first-order valence-electron chi connectivity index (χ1n) is 6.77. The third kappa shape index (κ3) is 4.57. The Morgan fingerprint density at radius 2 is 2.10 bits per heavy atom. The number of anilines is 1. The van der Waals surface area contributed by atoms with Gasteiger partial charge in [-0.1, -0.05) is 29.8 Å². The highest BCUT2D eigenvalue weighted by Crippen LogP contribution is 2.13. The largest absolute Gasteiger partial charge is 0.387 e. The zero-order chi connectivity index (χ0) is 15.2. The normalized spacial score (nSPS) is 11.8. The van der Waals surface area contributed by atoms with E-state index in [9.17, 15) is 9.90 Å². The maximum absolute atomic E-state index is 11.8. The lowest BCUT2D eigenvalue weighted by atomic mass is 10.1. The van der Waals surface area contributed by atoms with Gasteiger partial charge in [-0.2, -0.15) is 0 Å². The molecule has 1 aromatic heterocycles. The summed E-state index contributed by atoms with van der Waals surface area (Å²) in [5.74, 6) is 0. The zero-order valence-corrected chi connectivity index (χ0v) is 12.1. The maximum atomic E-state index is 11.8. The third-order valence-electron chi connectivity index (χ3n) is 3.04. The Balaban J connectivity index is 1.86. The molecule has 0 spiro atoms. The summed E-state index contributed by atoms with van der Waals surface area (Å²) in [6, 6.07) is 10.7. The van der Waals surface area contributed by atoms with Crippen LogP contribution in [-0.2, 0) is 0 Å². The van der Waals surface area contributed by atoms with Crippen molar-refractivity contribution in [3.8, 4) is 0 Å². The van der Waals surface area contributed by atoms with Crippen LogP contribution in [0, 0.1) is 13.8 Å². The Kier molecular flexibility index (Phi) is 4.90. The van der Waals surface area contributed by atoms with Crippen molar-refractivity contribution < 1.29 is 9.90 Å². The van der Waals surface area contributed by atoms with Crippen molar-refractivity contribution in [2.45, 2.75) is 20.0 Å². The number of amides is 2. The van der Waals surface area contributed by atoms with E-state index < -0.39 is 6.10 Å². The average Bonchev–Trinajstić information content (AvgIpc) is 2.45. The highest BCUT2D eigenvalue weighted by molar-refractivity contribution is 5.89. The number of pyridine rings is 1. The lowest BCUT2D eigenvalue weighted by Gasteiger charge is -2.13. The van der Waals surface area contributed by atoms with Gasteiger partial charge in [0.1, 0.15) is 0 Å². The number of aryl methyl sites for hydroxylation is 2. The number of carbonyl (C=O) groups is 1. The smallest absolute Gasteiger partial charge is 0.319 e. The fourth-order valence-electron chi connectivity index (χ4n) is 1.98. The van der Waals surface area contributed by atoms with Gasteiger partial charge in [-0.3, -0.25) is 4.98 Å². The van der Waals surface area contributed by atoms with Crippen molar-refractivity contribution in [2.24, 2.45) is 0 Å². The van der Waals surface area contributed by atoms with Crippen LogP contribution in [-0.4, -0.2) is 22.7 Å². The fraction of sp³-hybridized carbons (Fsp3) is 0.250. The summed E-state index contributed by atoms with van der Waals surface area (Å²) in [5.41, 5.74) is 3.36. The van der Waals surface area contributed by atoms with Crippen LogP contribution < -0.4 is 10.6 Å². The van der Waals surface area contributed by atoms with Gasteiger partial charge in [0.05, 0.1) is 6.10 Å². The molecule has 0 aliphatic rings. The van der Waals surface area contributed by atoms with Crippen LogP contribution in [0.25, 0.3) is 0 Å². The Bertz CT molecular complexity index is 628. The third-order valence-corrected chi connectivity index (χ3v) is 3.04. The SMILES string of the molecule is Cc1cccc(C(O)CNC(=O)Nc2ccnc(C)c2)c1. The molecule has 2 aromatic rings. The number of benzene rings is 1.